The summed E-state index contributed by atoms with van der Waals surface area (Å²) in [6.07, 6.45) is 7.01. The molecule has 0 bridgehead atoms. The van der Waals surface area contributed by atoms with E-state index in [2.05, 4.69) is 25.1 Å². The molecule has 0 aliphatic carbocycles. The molecule has 0 atom stereocenters. The van der Waals surface area contributed by atoms with Crippen LogP contribution in [0.15, 0.2) is 72.4 Å². The molecule has 3 aromatic heterocycles. The Morgan fingerprint density at radius 3 is 2.65 bits per heavy atom. The molecule has 1 aromatic carbocycles. The first-order valence-electron chi connectivity index (χ1n) is 7.57. The van der Waals surface area contributed by atoms with E-state index in [0.29, 0.717) is 0 Å². The topological polar surface area (TPSA) is 79.0 Å². The zero-order chi connectivity index (χ0) is 16.2. The minimum absolute atomic E-state index is 0. The standard InChI is InChI=1S/C18H15N5O.2ClH/c1-2-4-13(5-3-1)18(23-24-12-17-20-8-9-21-17)15-10-14-6-7-19-11-16(14)22-15;;/h1-11,22H,12H2,(H,20,21);2*1H/b23-18+;;. The van der Waals surface area contributed by atoms with Crippen LogP contribution in [0.2, 0.25) is 0 Å². The smallest absolute Gasteiger partial charge is 0.174 e. The molecule has 26 heavy (non-hydrogen) atoms. The van der Waals surface area contributed by atoms with Crippen molar-refractivity contribution in [2.75, 3.05) is 0 Å². The number of pyridine rings is 1. The first-order chi connectivity index (χ1) is 11.9. The molecular weight excluding hydrogens is 373 g/mol. The lowest BCUT2D eigenvalue weighted by Crippen LogP contribution is -2.05. The Morgan fingerprint density at radius 2 is 1.92 bits per heavy atom. The molecule has 0 saturated carbocycles. The Bertz CT molecular complexity index is 935. The highest BCUT2D eigenvalue weighted by Crippen LogP contribution is 2.17. The van der Waals surface area contributed by atoms with Gasteiger partial charge in [-0.25, -0.2) is 4.98 Å². The van der Waals surface area contributed by atoms with Crippen molar-refractivity contribution in [2.24, 2.45) is 5.16 Å². The number of halogens is 2. The molecule has 6 nitrogen and oxygen atoms in total. The zero-order valence-corrected chi connectivity index (χ0v) is 15.3. The summed E-state index contributed by atoms with van der Waals surface area (Å²) in [5, 5.41) is 5.42. The van der Waals surface area contributed by atoms with Crippen LogP contribution in [-0.2, 0) is 11.4 Å². The van der Waals surface area contributed by atoms with E-state index in [1.807, 2.05) is 42.5 Å². The van der Waals surface area contributed by atoms with Crippen LogP contribution in [0, 0.1) is 0 Å². The first kappa shape index (κ1) is 19.5. The minimum atomic E-state index is 0. The van der Waals surface area contributed by atoms with E-state index in [9.17, 15) is 0 Å². The number of hydrogen-bond donors (Lipinski definition) is 2. The predicted octanol–water partition coefficient (Wildman–Crippen LogP) is 4.10. The maximum absolute atomic E-state index is 5.50. The number of aromatic nitrogens is 4. The minimum Gasteiger partial charge on any atom is -0.387 e. The van der Waals surface area contributed by atoms with Gasteiger partial charge in [0.25, 0.3) is 0 Å². The van der Waals surface area contributed by atoms with Gasteiger partial charge in [0.15, 0.2) is 6.61 Å². The molecule has 0 saturated heterocycles. The monoisotopic (exact) mass is 389 g/mol. The number of imidazole rings is 1. The fourth-order valence-corrected chi connectivity index (χ4v) is 2.49. The van der Waals surface area contributed by atoms with Crippen LogP contribution < -0.4 is 0 Å². The van der Waals surface area contributed by atoms with Gasteiger partial charge in [-0.2, -0.15) is 0 Å². The molecule has 8 heteroatoms. The van der Waals surface area contributed by atoms with Gasteiger partial charge >= 0.3 is 0 Å². The van der Waals surface area contributed by atoms with E-state index in [1.165, 1.54) is 0 Å². The number of oxime groups is 1. The Balaban J connectivity index is 0.00000121. The molecule has 0 amide bonds. The van der Waals surface area contributed by atoms with Crippen LogP contribution in [0.25, 0.3) is 10.9 Å². The van der Waals surface area contributed by atoms with Crippen molar-refractivity contribution in [3.05, 3.63) is 84.3 Å². The normalized spacial score (nSPS) is 10.8. The van der Waals surface area contributed by atoms with Crippen LogP contribution in [0.1, 0.15) is 17.1 Å². The van der Waals surface area contributed by atoms with Gasteiger partial charge in [-0.3, -0.25) is 4.98 Å². The molecule has 0 aliphatic heterocycles. The lowest BCUT2D eigenvalue weighted by molar-refractivity contribution is 0.125. The van der Waals surface area contributed by atoms with E-state index in [0.717, 1.165) is 33.7 Å². The van der Waals surface area contributed by atoms with Crippen molar-refractivity contribution >= 4 is 41.4 Å². The predicted molar refractivity (Wildman–Crippen MR) is 106 cm³/mol. The van der Waals surface area contributed by atoms with Gasteiger partial charge in [-0.1, -0.05) is 35.5 Å². The van der Waals surface area contributed by atoms with Crippen molar-refractivity contribution in [3.63, 3.8) is 0 Å². The number of hydrogen-bond acceptors (Lipinski definition) is 4. The highest BCUT2D eigenvalue weighted by molar-refractivity contribution is 6.13. The number of rotatable bonds is 5. The zero-order valence-electron chi connectivity index (χ0n) is 13.6. The third-order valence-electron chi connectivity index (χ3n) is 3.64. The maximum Gasteiger partial charge on any atom is 0.174 e. The van der Waals surface area contributed by atoms with Gasteiger partial charge in [0, 0.05) is 29.5 Å². The van der Waals surface area contributed by atoms with Crippen LogP contribution in [0.3, 0.4) is 0 Å². The van der Waals surface area contributed by atoms with Gasteiger partial charge in [-0.15, -0.1) is 24.8 Å². The molecule has 0 aliphatic rings. The lowest BCUT2D eigenvalue weighted by Gasteiger charge is -2.05. The van der Waals surface area contributed by atoms with Crippen molar-refractivity contribution in [2.45, 2.75) is 6.61 Å². The van der Waals surface area contributed by atoms with E-state index < -0.39 is 0 Å². The number of nitrogens with one attached hydrogen (secondary N) is 2. The third kappa shape index (κ3) is 4.22. The molecule has 0 spiro atoms. The average Bonchev–Trinajstić information content (AvgIpc) is 3.28. The summed E-state index contributed by atoms with van der Waals surface area (Å²) in [6.45, 7) is 0.283. The quantitative estimate of drug-likeness (QED) is 0.398. The summed E-state index contributed by atoms with van der Waals surface area (Å²) in [5.74, 6) is 0.729. The van der Waals surface area contributed by atoms with Gasteiger partial charge in [-0.05, 0) is 12.1 Å². The second-order valence-electron chi connectivity index (χ2n) is 5.26. The number of benzene rings is 1. The Kier molecular flexibility index (Phi) is 6.77. The van der Waals surface area contributed by atoms with Crippen LogP contribution >= 0.6 is 24.8 Å². The van der Waals surface area contributed by atoms with Crippen LogP contribution in [0.4, 0.5) is 0 Å². The van der Waals surface area contributed by atoms with Crippen molar-refractivity contribution in [1.29, 1.82) is 0 Å². The molecule has 0 fully saturated rings. The second-order valence-corrected chi connectivity index (χ2v) is 5.26. The van der Waals surface area contributed by atoms with Crippen molar-refractivity contribution in [1.82, 2.24) is 19.9 Å². The maximum atomic E-state index is 5.50. The first-order valence-corrected chi connectivity index (χ1v) is 7.57. The summed E-state index contributed by atoms with van der Waals surface area (Å²) in [4.78, 5) is 20.1. The molecule has 0 unspecified atom stereocenters. The fourth-order valence-electron chi connectivity index (χ4n) is 2.49. The van der Waals surface area contributed by atoms with Gasteiger partial charge in [0.2, 0.25) is 0 Å². The summed E-state index contributed by atoms with van der Waals surface area (Å²) in [6, 6.07) is 13.9. The van der Waals surface area contributed by atoms with Crippen LogP contribution in [0.5, 0.6) is 0 Å². The Labute approximate surface area is 162 Å². The SMILES string of the molecule is Cl.Cl.c1ccc(/C(=N\OCc2ncc[nH]2)c2cc3ccncc3[nH]2)cc1. The number of nitrogens with zero attached hydrogens (tertiary/aromatic N) is 3. The largest absolute Gasteiger partial charge is 0.387 e. The summed E-state index contributed by atoms with van der Waals surface area (Å²) < 4.78 is 0. The molecule has 4 rings (SSSR count). The Morgan fingerprint density at radius 1 is 1.08 bits per heavy atom. The highest BCUT2D eigenvalue weighted by atomic mass is 35.5. The number of fused-ring (bicyclic) bond motifs is 1. The van der Waals surface area contributed by atoms with E-state index >= 15 is 0 Å². The van der Waals surface area contributed by atoms with Crippen molar-refractivity contribution in [3.8, 4) is 0 Å². The van der Waals surface area contributed by atoms with Gasteiger partial charge in [0.1, 0.15) is 11.5 Å². The van der Waals surface area contributed by atoms with E-state index in [-0.39, 0.29) is 31.4 Å². The van der Waals surface area contributed by atoms with E-state index in [4.69, 9.17) is 4.84 Å². The molecular formula is C18H17Cl2N5O. The fraction of sp³-hybridized carbons (Fsp3) is 0.0556. The second kappa shape index (κ2) is 9.03. The average molecular weight is 390 g/mol. The Hall–Kier alpha value is -2.83. The summed E-state index contributed by atoms with van der Waals surface area (Å²) in [5.41, 5.74) is 3.54. The highest BCUT2D eigenvalue weighted by Gasteiger charge is 2.11. The molecule has 134 valence electrons. The molecule has 0 radical (unpaired) electrons. The van der Waals surface area contributed by atoms with Crippen LogP contribution in [-0.4, -0.2) is 25.6 Å². The third-order valence-corrected chi connectivity index (χ3v) is 3.64. The lowest BCUT2D eigenvalue weighted by atomic mass is 10.1. The number of aromatic amines is 2. The molecule has 2 N–H and O–H groups in total. The van der Waals surface area contributed by atoms with E-state index in [1.54, 1.807) is 24.8 Å². The summed E-state index contributed by atoms with van der Waals surface area (Å²) >= 11 is 0. The summed E-state index contributed by atoms with van der Waals surface area (Å²) in [7, 11) is 0. The van der Waals surface area contributed by atoms with Crippen molar-refractivity contribution < 1.29 is 4.84 Å². The molecule has 4 aromatic rings. The van der Waals surface area contributed by atoms with Gasteiger partial charge in [0.05, 0.1) is 17.4 Å². The number of H-pyrrole nitrogens is 2. The van der Waals surface area contributed by atoms with Gasteiger partial charge < -0.3 is 14.8 Å². The molecule has 3 heterocycles.